The fourth-order valence-electron chi connectivity index (χ4n) is 0.390. The molecule has 0 amide bonds. The monoisotopic (exact) mass is 155 g/mol. The molecule has 1 saturated heterocycles. The average Bonchev–Trinajstić information content (AvgIpc) is 1.82. The molecule has 1 heterocycles. The first-order valence-electron chi connectivity index (χ1n) is 1.89. The van der Waals surface area contributed by atoms with Crippen molar-refractivity contribution in [1.29, 1.82) is 0 Å². The molecule has 0 spiro atoms. The van der Waals surface area contributed by atoms with Crippen molar-refractivity contribution >= 4 is 17.9 Å². The Kier molecular flexibility index (Phi) is 1.35. The van der Waals surface area contributed by atoms with Crippen molar-refractivity contribution in [2.45, 2.75) is 0 Å². The van der Waals surface area contributed by atoms with Gasteiger partial charge >= 0.3 is 17.9 Å². The number of rotatable bonds is 0. The molecule has 1 aliphatic heterocycles. The van der Waals surface area contributed by atoms with Gasteiger partial charge < -0.3 is 0 Å². The molecule has 0 bridgehead atoms. The van der Waals surface area contributed by atoms with Crippen LogP contribution >= 0.6 is 7.80 Å². The van der Waals surface area contributed by atoms with E-state index in [0.717, 1.165) is 0 Å². The summed E-state index contributed by atoms with van der Waals surface area (Å²) in [4.78, 5) is 0. The van der Waals surface area contributed by atoms with Gasteiger partial charge in [0.05, 0.1) is 0 Å². The summed E-state index contributed by atoms with van der Waals surface area (Å²) in [6.45, 7) is 0. The van der Waals surface area contributed by atoms with E-state index in [9.17, 15) is 13.0 Å². The predicted octanol–water partition coefficient (Wildman–Crippen LogP) is 0.0888. The maximum Gasteiger partial charge on any atom is 0.386 e. The molecule has 0 aromatic rings. The van der Waals surface area contributed by atoms with E-state index < -0.39 is 17.9 Å². The van der Waals surface area contributed by atoms with Crippen molar-refractivity contribution in [3.8, 4) is 0 Å². The lowest BCUT2D eigenvalue weighted by Gasteiger charge is -1.76. The van der Waals surface area contributed by atoms with E-state index in [4.69, 9.17) is 0 Å². The van der Waals surface area contributed by atoms with Crippen molar-refractivity contribution in [2.24, 2.45) is 0 Å². The molecule has 0 aromatic heterocycles. The van der Waals surface area contributed by atoms with Crippen LogP contribution in [0.3, 0.4) is 0 Å². The van der Waals surface area contributed by atoms with Gasteiger partial charge in [-0.3, -0.25) is 0 Å². The van der Waals surface area contributed by atoms with E-state index in [1.54, 1.807) is 0 Å². The third-order valence-corrected chi connectivity index (χ3v) is 4.16. The fourth-order valence-corrected chi connectivity index (χ4v) is 3.51. The topological polar surface area (TPSA) is 60.4 Å². The van der Waals surface area contributed by atoms with Crippen LogP contribution in [0, 0.1) is 0 Å². The van der Waals surface area contributed by atoms with Crippen LogP contribution in [0.4, 0.5) is 0 Å². The Morgan fingerprint density at radius 1 is 1.50 bits per heavy atom. The Hall–Kier alpha value is 0.01000. The molecule has 0 N–H and O–H groups in total. The molecule has 1 unspecified atom stereocenters. The Bertz CT molecular complexity index is 204. The van der Waals surface area contributed by atoms with E-state index >= 15 is 0 Å². The van der Waals surface area contributed by atoms with Crippen LogP contribution in [-0.4, -0.2) is 20.3 Å². The molecule has 1 aliphatic rings. The summed E-state index contributed by atoms with van der Waals surface area (Å²) in [5.41, 5.74) is -0.303. The molecule has 1 rings (SSSR count). The van der Waals surface area contributed by atoms with Gasteiger partial charge in [0, 0.05) is 0 Å². The largest absolute Gasteiger partial charge is 0.386 e. The third kappa shape index (κ3) is 1.24. The molecule has 6 heteroatoms. The average molecular weight is 155 g/mol. The zero-order chi connectivity index (χ0) is 6.20. The summed E-state index contributed by atoms with van der Waals surface area (Å²) in [6, 6.07) is 0. The lowest BCUT2D eigenvalue weighted by atomic mass is 11.7. The minimum Gasteiger partial charge on any atom is -0.217 e. The molecule has 4 nitrogen and oxygen atoms in total. The summed E-state index contributed by atoms with van der Waals surface area (Å²) < 4.78 is 34.9. The normalized spacial score (nSPS) is 30.8. The highest BCUT2D eigenvalue weighted by Gasteiger charge is 2.37. The Morgan fingerprint density at radius 2 is 2.12 bits per heavy atom. The summed E-state index contributed by atoms with van der Waals surface area (Å²) in [5.74, 6) is 0. The minimum absolute atomic E-state index is 0.127. The van der Waals surface area contributed by atoms with Crippen LogP contribution in [0.15, 0.2) is 0 Å². The summed E-state index contributed by atoms with van der Waals surface area (Å²) in [7, 11) is -4.99. The van der Waals surface area contributed by atoms with Gasteiger partial charge in [-0.2, -0.15) is 8.42 Å². The van der Waals surface area contributed by atoms with Crippen LogP contribution in [0.1, 0.15) is 0 Å². The van der Waals surface area contributed by atoms with Crippen molar-refractivity contribution in [2.75, 3.05) is 11.8 Å². The molecule has 0 saturated carbocycles. The van der Waals surface area contributed by atoms with Crippen molar-refractivity contribution in [3.05, 3.63) is 0 Å². The molecule has 1 fully saturated rings. The lowest BCUT2D eigenvalue weighted by Crippen LogP contribution is -1.96. The molecule has 8 heavy (non-hydrogen) atoms. The lowest BCUT2D eigenvalue weighted by molar-refractivity contribution is 0.388. The number of hydrogen-bond acceptors (Lipinski definition) is 4. The second kappa shape index (κ2) is 1.76. The fraction of sp³-hybridized carbons (Fsp3) is 1.00. The Morgan fingerprint density at radius 3 is 2.25 bits per heavy atom. The maximum absolute atomic E-state index is 10.3. The van der Waals surface area contributed by atoms with Gasteiger partial charge in [-0.25, -0.2) is 4.18 Å². The van der Waals surface area contributed by atoms with Gasteiger partial charge in [0.2, 0.25) is 0 Å². The van der Waals surface area contributed by atoms with Crippen molar-refractivity contribution in [1.82, 2.24) is 0 Å². The highest BCUT2D eigenvalue weighted by atomic mass is 32.2. The summed E-state index contributed by atoms with van der Waals surface area (Å²) in [5, 5.41) is 0. The van der Waals surface area contributed by atoms with Gasteiger partial charge in [-0.15, -0.1) is 0 Å². The zero-order valence-electron chi connectivity index (χ0n) is 3.90. The Labute approximate surface area is 47.8 Å². The molecule has 1 atom stereocenters. The quantitative estimate of drug-likeness (QED) is 0.367. The highest BCUT2D eigenvalue weighted by Crippen LogP contribution is 2.31. The van der Waals surface area contributed by atoms with Crippen molar-refractivity contribution < 1.29 is 17.2 Å². The van der Waals surface area contributed by atoms with Gasteiger partial charge in [-0.1, -0.05) is 4.57 Å². The summed E-state index contributed by atoms with van der Waals surface area (Å²) >= 11 is 0. The van der Waals surface area contributed by atoms with E-state index in [2.05, 4.69) is 4.18 Å². The van der Waals surface area contributed by atoms with Crippen LogP contribution < -0.4 is 0 Å². The number of hydrogen-bond donors (Lipinski definition) is 0. The zero-order valence-corrected chi connectivity index (χ0v) is 5.61. The van der Waals surface area contributed by atoms with Crippen LogP contribution in [-0.2, 0) is 18.9 Å². The molecule has 46 valence electrons. The SMILES string of the molecule is O=[P+]1COS(=O)(=O)C1. The first-order chi connectivity index (χ1) is 3.60. The highest BCUT2D eigenvalue weighted by molar-refractivity contribution is 7.94. The summed E-state index contributed by atoms with van der Waals surface area (Å²) in [6.07, 6.45) is -0.127. The van der Waals surface area contributed by atoms with Crippen LogP contribution in [0.2, 0.25) is 0 Å². The van der Waals surface area contributed by atoms with E-state index in [-0.39, 0.29) is 11.8 Å². The standard InChI is InChI=1S/C2H4O4PS/c3-7-1-6-8(4,5)2-7/h1-2H2/q+1. The van der Waals surface area contributed by atoms with Gasteiger partial charge in [0.1, 0.15) is 0 Å². The van der Waals surface area contributed by atoms with E-state index in [1.807, 2.05) is 0 Å². The first kappa shape index (κ1) is 6.13. The third-order valence-electron chi connectivity index (χ3n) is 0.678. The van der Waals surface area contributed by atoms with Crippen molar-refractivity contribution in [3.63, 3.8) is 0 Å². The second-order valence-corrected chi connectivity index (χ2v) is 5.02. The second-order valence-electron chi connectivity index (χ2n) is 1.42. The van der Waals surface area contributed by atoms with Gasteiger partial charge in [0.25, 0.3) is 11.8 Å². The molecule has 0 aliphatic carbocycles. The van der Waals surface area contributed by atoms with E-state index in [1.165, 1.54) is 0 Å². The Balaban J connectivity index is 2.86. The van der Waals surface area contributed by atoms with E-state index in [0.29, 0.717) is 0 Å². The van der Waals surface area contributed by atoms with Crippen LogP contribution in [0.25, 0.3) is 0 Å². The first-order valence-corrected chi connectivity index (χ1v) is 5.10. The van der Waals surface area contributed by atoms with Gasteiger partial charge in [0.15, 0.2) is 0 Å². The maximum atomic E-state index is 10.3. The van der Waals surface area contributed by atoms with Gasteiger partial charge in [-0.05, 0) is 0 Å². The van der Waals surface area contributed by atoms with Crippen LogP contribution in [0.5, 0.6) is 0 Å². The predicted molar refractivity (Wildman–Crippen MR) is 27.3 cm³/mol. The smallest absolute Gasteiger partial charge is 0.217 e. The molecular formula is C2H4O4PS+. The molecule has 0 radical (unpaired) electrons. The minimum atomic E-state index is -3.38. The molecular weight excluding hydrogens is 151 g/mol. The molecule has 0 aromatic carbocycles.